The van der Waals surface area contributed by atoms with E-state index >= 15 is 0 Å². The zero-order valence-electron chi connectivity index (χ0n) is 10.3. The summed E-state index contributed by atoms with van der Waals surface area (Å²) in [5, 5.41) is 8.54. The van der Waals surface area contributed by atoms with Gasteiger partial charge in [-0.2, -0.15) is 0 Å². The molecular formula is C12H24ClNO2. The van der Waals surface area contributed by atoms with E-state index < -0.39 is 5.97 Å². The molecule has 0 aromatic heterocycles. The Labute approximate surface area is 105 Å². The molecular weight excluding hydrogens is 226 g/mol. The number of unbranched alkanes of at least 4 members (excludes halogenated alkanes) is 1. The highest BCUT2D eigenvalue weighted by molar-refractivity contribution is 5.85. The molecule has 0 aliphatic carbocycles. The molecule has 3 nitrogen and oxygen atoms in total. The van der Waals surface area contributed by atoms with Crippen LogP contribution in [0.2, 0.25) is 0 Å². The first kappa shape index (κ1) is 15.7. The summed E-state index contributed by atoms with van der Waals surface area (Å²) in [6.45, 7) is 5.63. The van der Waals surface area contributed by atoms with E-state index in [0.717, 1.165) is 19.4 Å². The van der Waals surface area contributed by atoms with Crippen LogP contribution in [0, 0.1) is 0 Å². The summed E-state index contributed by atoms with van der Waals surface area (Å²) in [5.41, 5.74) is 0. The zero-order valence-corrected chi connectivity index (χ0v) is 11.1. The number of carboxylic acids is 1. The predicted molar refractivity (Wildman–Crippen MR) is 68.2 cm³/mol. The highest BCUT2D eigenvalue weighted by atomic mass is 35.5. The van der Waals surface area contributed by atoms with E-state index in [0.29, 0.717) is 18.5 Å². The van der Waals surface area contributed by atoms with Crippen molar-refractivity contribution >= 4 is 18.4 Å². The number of aliphatic carboxylic acids is 1. The van der Waals surface area contributed by atoms with Crippen LogP contribution in [-0.2, 0) is 4.79 Å². The molecule has 4 heteroatoms. The molecule has 1 heterocycles. The van der Waals surface area contributed by atoms with E-state index in [4.69, 9.17) is 5.11 Å². The third-order valence-electron chi connectivity index (χ3n) is 3.43. The Morgan fingerprint density at radius 1 is 1.25 bits per heavy atom. The maximum atomic E-state index is 10.4. The molecule has 1 saturated heterocycles. The molecule has 2 atom stereocenters. The van der Waals surface area contributed by atoms with Gasteiger partial charge in [0.15, 0.2) is 0 Å². The smallest absolute Gasteiger partial charge is 0.303 e. The number of piperidine rings is 1. The van der Waals surface area contributed by atoms with Crippen molar-refractivity contribution in [2.75, 3.05) is 6.54 Å². The maximum absolute atomic E-state index is 10.4. The van der Waals surface area contributed by atoms with Crippen molar-refractivity contribution in [1.82, 2.24) is 4.90 Å². The lowest BCUT2D eigenvalue weighted by Crippen LogP contribution is -2.44. The predicted octanol–water partition coefficient (Wildman–Crippen LogP) is 2.93. The number of hydrogen-bond donors (Lipinski definition) is 1. The number of carboxylic acid groups (broad SMARTS) is 1. The quantitative estimate of drug-likeness (QED) is 0.762. The highest BCUT2D eigenvalue weighted by Gasteiger charge is 2.23. The number of halogens is 1. The second kappa shape index (κ2) is 7.91. The van der Waals surface area contributed by atoms with Gasteiger partial charge in [0.1, 0.15) is 0 Å². The first-order valence-electron chi connectivity index (χ1n) is 6.09. The molecule has 0 aromatic carbocycles. The SMILES string of the molecule is CC1CCCC(C)N1CCCCC(=O)O.Cl. The number of nitrogens with zero attached hydrogens (tertiary/aromatic N) is 1. The van der Waals surface area contributed by atoms with E-state index in [9.17, 15) is 4.79 Å². The highest BCUT2D eigenvalue weighted by Crippen LogP contribution is 2.22. The Kier molecular flexibility index (Phi) is 7.77. The van der Waals surface area contributed by atoms with E-state index in [1.165, 1.54) is 19.3 Å². The standard InChI is InChI=1S/C12H23NO2.ClH/c1-10-6-5-7-11(2)13(10)9-4-3-8-12(14)15;/h10-11H,3-9H2,1-2H3,(H,14,15);1H. The third-order valence-corrected chi connectivity index (χ3v) is 3.43. The minimum absolute atomic E-state index is 0. The monoisotopic (exact) mass is 249 g/mol. The second-order valence-electron chi connectivity index (χ2n) is 4.72. The number of carbonyl (C=O) groups is 1. The molecule has 1 rings (SSSR count). The molecule has 0 radical (unpaired) electrons. The van der Waals surface area contributed by atoms with Crippen LogP contribution in [0.4, 0.5) is 0 Å². The van der Waals surface area contributed by atoms with Crippen molar-refractivity contribution in [3.05, 3.63) is 0 Å². The van der Waals surface area contributed by atoms with Gasteiger partial charge in [-0.1, -0.05) is 6.42 Å². The topological polar surface area (TPSA) is 40.5 Å². The molecule has 16 heavy (non-hydrogen) atoms. The minimum atomic E-state index is -0.672. The largest absolute Gasteiger partial charge is 0.481 e. The molecule has 1 fully saturated rings. The van der Waals surface area contributed by atoms with Crippen LogP contribution in [0.5, 0.6) is 0 Å². The Bertz CT molecular complexity index is 201. The summed E-state index contributed by atoms with van der Waals surface area (Å²) >= 11 is 0. The molecule has 96 valence electrons. The van der Waals surface area contributed by atoms with Crippen LogP contribution in [0.25, 0.3) is 0 Å². The molecule has 1 aliphatic heterocycles. The number of rotatable bonds is 5. The number of hydrogen-bond acceptors (Lipinski definition) is 2. The summed E-state index contributed by atoms with van der Waals surface area (Å²) in [6, 6.07) is 1.36. The van der Waals surface area contributed by atoms with Gasteiger partial charge in [-0.05, 0) is 46.1 Å². The van der Waals surface area contributed by atoms with Gasteiger partial charge in [0.25, 0.3) is 0 Å². The summed E-state index contributed by atoms with van der Waals surface area (Å²) in [6.07, 6.45) is 6.07. The van der Waals surface area contributed by atoms with Crippen LogP contribution in [-0.4, -0.2) is 34.6 Å². The molecule has 0 bridgehead atoms. The van der Waals surface area contributed by atoms with Gasteiger partial charge in [0.05, 0.1) is 0 Å². The van der Waals surface area contributed by atoms with Gasteiger partial charge >= 0.3 is 5.97 Å². The molecule has 0 aromatic rings. The van der Waals surface area contributed by atoms with Gasteiger partial charge in [0.2, 0.25) is 0 Å². The van der Waals surface area contributed by atoms with Gasteiger partial charge < -0.3 is 5.11 Å². The molecule has 0 spiro atoms. The van der Waals surface area contributed by atoms with Crippen molar-refractivity contribution in [3.8, 4) is 0 Å². The molecule has 2 unspecified atom stereocenters. The fraction of sp³-hybridized carbons (Fsp3) is 0.917. The van der Waals surface area contributed by atoms with Crippen molar-refractivity contribution < 1.29 is 9.90 Å². The summed E-state index contributed by atoms with van der Waals surface area (Å²) in [7, 11) is 0. The van der Waals surface area contributed by atoms with E-state index in [2.05, 4.69) is 18.7 Å². The molecule has 1 aliphatic rings. The average molecular weight is 250 g/mol. The fourth-order valence-electron chi connectivity index (χ4n) is 2.49. The molecule has 0 amide bonds. The lowest BCUT2D eigenvalue weighted by atomic mass is 9.97. The fourth-order valence-corrected chi connectivity index (χ4v) is 2.49. The van der Waals surface area contributed by atoms with Crippen molar-refractivity contribution in [2.45, 2.75) is 64.5 Å². The Morgan fingerprint density at radius 3 is 2.31 bits per heavy atom. The summed E-state index contributed by atoms with van der Waals surface area (Å²) < 4.78 is 0. The zero-order chi connectivity index (χ0) is 11.3. The third kappa shape index (κ3) is 5.17. The van der Waals surface area contributed by atoms with Gasteiger partial charge in [-0.25, -0.2) is 0 Å². The van der Waals surface area contributed by atoms with E-state index in [-0.39, 0.29) is 12.4 Å². The molecule has 1 N–H and O–H groups in total. The van der Waals surface area contributed by atoms with Crippen LogP contribution in [0.15, 0.2) is 0 Å². The Balaban J connectivity index is 0.00000225. The van der Waals surface area contributed by atoms with Gasteiger partial charge in [-0.15, -0.1) is 12.4 Å². The first-order valence-corrected chi connectivity index (χ1v) is 6.09. The average Bonchev–Trinajstić information content (AvgIpc) is 2.15. The van der Waals surface area contributed by atoms with Crippen LogP contribution in [0.3, 0.4) is 0 Å². The summed E-state index contributed by atoms with van der Waals surface area (Å²) in [4.78, 5) is 12.9. The van der Waals surface area contributed by atoms with Crippen molar-refractivity contribution in [3.63, 3.8) is 0 Å². The maximum Gasteiger partial charge on any atom is 0.303 e. The lowest BCUT2D eigenvalue weighted by Gasteiger charge is -2.39. The van der Waals surface area contributed by atoms with Crippen LogP contribution < -0.4 is 0 Å². The lowest BCUT2D eigenvalue weighted by molar-refractivity contribution is -0.137. The van der Waals surface area contributed by atoms with Gasteiger partial charge in [-0.3, -0.25) is 9.69 Å². The van der Waals surface area contributed by atoms with Crippen LogP contribution in [0.1, 0.15) is 52.4 Å². The Hall–Kier alpha value is -0.280. The minimum Gasteiger partial charge on any atom is -0.481 e. The Morgan fingerprint density at radius 2 is 1.81 bits per heavy atom. The van der Waals surface area contributed by atoms with Gasteiger partial charge in [0, 0.05) is 18.5 Å². The van der Waals surface area contributed by atoms with Crippen molar-refractivity contribution in [1.29, 1.82) is 0 Å². The second-order valence-corrected chi connectivity index (χ2v) is 4.72. The number of likely N-dealkylation sites (tertiary alicyclic amines) is 1. The van der Waals surface area contributed by atoms with Crippen LogP contribution >= 0.6 is 12.4 Å². The summed E-state index contributed by atoms with van der Waals surface area (Å²) in [5.74, 6) is -0.672. The van der Waals surface area contributed by atoms with E-state index in [1.54, 1.807) is 0 Å². The normalized spacial score (nSPS) is 26.1. The molecule has 0 saturated carbocycles. The van der Waals surface area contributed by atoms with Crippen molar-refractivity contribution in [2.24, 2.45) is 0 Å². The van der Waals surface area contributed by atoms with E-state index in [1.807, 2.05) is 0 Å². The first-order chi connectivity index (χ1) is 7.11.